The second-order valence-electron chi connectivity index (χ2n) is 9.50. The number of nitrogens with one attached hydrogen (secondary N) is 1. The molecule has 2 atom stereocenters. The number of hydrogen-bond donors (Lipinski definition) is 2. The van der Waals surface area contributed by atoms with E-state index in [4.69, 9.17) is 0 Å². The Morgan fingerprint density at radius 3 is 2.71 bits per heavy atom. The van der Waals surface area contributed by atoms with E-state index in [1.807, 2.05) is 0 Å². The number of anilines is 1. The minimum Gasteiger partial charge on any atom is -0.388 e. The van der Waals surface area contributed by atoms with E-state index in [0.717, 1.165) is 64.7 Å². The van der Waals surface area contributed by atoms with E-state index in [1.54, 1.807) is 0 Å². The molecule has 3 aliphatic rings. The lowest BCUT2D eigenvalue weighted by Crippen LogP contribution is -2.65. The number of aliphatic hydroxyl groups is 1. The van der Waals surface area contributed by atoms with Gasteiger partial charge in [0.15, 0.2) is 0 Å². The van der Waals surface area contributed by atoms with Crippen LogP contribution in [0.15, 0.2) is 24.3 Å². The van der Waals surface area contributed by atoms with Crippen LogP contribution in [0.1, 0.15) is 57.4 Å². The predicted octanol–water partition coefficient (Wildman–Crippen LogP) is 2.85. The summed E-state index contributed by atoms with van der Waals surface area (Å²) in [6.45, 7) is 7.88. The van der Waals surface area contributed by atoms with Gasteiger partial charge in [-0.2, -0.15) is 0 Å². The van der Waals surface area contributed by atoms with Crippen molar-refractivity contribution in [3.63, 3.8) is 0 Å². The maximum Gasteiger partial charge on any atom is 0.220 e. The summed E-state index contributed by atoms with van der Waals surface area (Å²) in [7, 11) is 0. The number of amides is 1. The normalized spacial score (nSPS) is 31.0. The Hall–Kier alpha value is -1.59. The summed E-state index contributed by atoms with van der Waals surface area (Å²) in [6.07, 6.45) is 6.34. The van der Waals surface area contributed by atoms with E-state index >= 15 is 0 Å². The van der Waals surface area contributed by atoms with Crippen LogP contribution >= 0.6 is 0 Å². The number of piperidine rings is 2. The fourth-order valence-corrected chi connectivity index (χ4v) is 5.59. The first kappa shape index (κ1) is 19.7. The van der Waals surface area contributed by atoms with Gasteiger partial charge in [-0.1, -0.05) is 12.1 Å². The highest BCUT2D eigenvalue weighted by atomic mass is 16.3. The lowest BCUT2D eigenvalue weighted by atomic mass is 9.79. The van der Waals surface area contributed by atoms with E-state index < -0.39 is 5.60 Å². The molecule has 154 valence electrons. The van der Waals surface area contributed by atoms with Crippen molar-refractivity contribution < 1.29 is 9.90 Å². The third-order valence-corrected chi connectivity index (χ3v) is 7.18. The topological polar surface area (TPSA) is 55.8 Å². The van der Waals surface area contributed by atoms with Gasteiger partial charge in [0.2, 0.25) is 5.91 Å². The van der Waals surface area contributed by atoms with Crippen LogP contribution in [0.2, 0.25) is 0 Å². The lowest BCUT2D eigenvalue weighted by Gasteiger charge is -2.51. The Bertz CT molecular complexity index is 714. The van der Waals surface area contributed by atoms with Gasteiger partial charge in [0, 0.05) is 37.8 Å². The van der Waals surface area contributed by atoms with Crippen molar-refractivity contribution >= 4 is 11.6 Å². The number of carbonyl (C=O) groups is 1. The smallest absolute Gasteiger partial charge is 0.220 e. The van der Waals surface area contributed by atoms with Gasteiger partial charge in [-0.3, -0.25) is 9.69 Å². The quantitative estimate of drug-likeness (QED) is 0.840. The van der Waals surface area contributed by atoms with Crippen LogP contribution in [-0.2, 0) is 4.79 Å². The van der Waals surface area contributed by atoms with Crippen LogP contribution in [-0.4, -0.2) is 59.3 Å². The largest absolute Gasteiger partial charge is 0.388 e. The number of nitrogens with zero attached hydrogens (tertiary/aromatic N) is 2. The van der Waals surface area contributed by atoms with Gasteiger partial charge in [0.05, 0.1) is 11.1 Å². The maximum atomic E-state index is 12.1. The molecular weight excluding hydrogens is 350 g/mol. The zero-order valence-corrected chi connectivity index (χ0v) is 17.4. The summed E-state index contributed by atoms with van der Waals surface area (Å²) >= 11 is 0. The fraction of sp³-hybridized carbons (Fsp3) is 0.696. The molecule has 0 radical (unpaired) electrons. The summed E-state index contributed by atoms with van der Waals surface area (Å²) < 4.78 is 0. The molecule has 0 aliphatic carbocycles. The van der Waals surface area contributed by atoms with Gasteiger partial charge in [-0.15, -0.1) is 0 Å². The number of fused-ring (bicyclic) bond motifs is 1. The molecule has 2 N–H and O–H groups in total. The molecule has 1 aromatic carbocycles. The molecule has 3 saturated heterocycles. The van der Waals surface area contributed by atoms with Crippen molar-refractivity contribution in [3.8, 4) is 0 Å². The standard InChI is InChI=1S/C23H35N3O2/c1-18-6-3-7-19(16-18)25-14-11-23(28,12-15-25)17-26-13-5-10-22(2)20(26)8-4-9-21(27)24-22/h3,6-7,16,20,28H,4-5,8-15,17H2,1-2H3,(H,24,27)/t20-,22-/m0/s1. The molecule has 0 spiro atoms. The van der Waals surface area contributed by atoms with Crippen molar-refractivity contribution in [2.24, 2.45) is 0 Å². The Morgan fingerprint density at radius 2 is 1.96 bits per heavy atom. The summed E-state index contributed by atoms with van der Waals surface area (Å²) in [5.41, 5.74) is 1.76. The Balaban J connectivity index is 1.41. The average Bonchev–Trinajstić information content (AvgIpc) is 2.80. The number of carbonyl (C=O) groups excluding carboxylic acids is 1. The number of aryl methyl sites for hydroxylation is 1. The summed E-state index contributed by atoms with van der Waals surface area (Å²) in [5.74, 6) is 0.192. The van der Waals surface area contributed by atoms with Crippen molar-refractivity contribution in [2.45, 2.75) is 76.0 Å². The highest BCUT2D eigenvalue weighted by molar-refractivity contribution is 5.77. The van der Waals surface area contributed by atoms with Crippen molar-refractivity contribution in [1.29, 1.82) is 0 Å². The number of hydrogen-bond acceptors (Lipinski definition) is 4. The SMILES string of the molecule is Cc1cccc(N2CCC(O)(CN3CCC[C@]4(C)NC(=O)CCC[C@H]34)CC2)c1. The van der Waals surface area contributed by atoms with Crippen molar-refractivity contribution in [1.82, 2.24) is 10.2 Å². The molecule has 3 fully saturated rings. The van der Waals surface area contributed by atoms with Gasteiger partial charge < -0.3 is 15.3 Å². The second-order valence-corrected chi connectivity index (χ2v) is 9.50. The van der Waals surface area contributed by atoms with E-state index in [2.05, 4.69) is 53.2 Å². The number of β-amino-alcohol motifs (C(OH)–C–C–N with tert-alkyl or cyclic N) is 1. The first-order valence-electron chi connectivity index (χ1n) is 11.0. The molecule has 0 saturated carbocycles. The minimum atomic E-state index is -0.630. The number of likely N-dealkylation sites (tertiary alicyclic amines) is 1. The molecule has 1 amide bonds. The van der Waals surface area contributed by atoms with Crippen LogP contribution in [0.5, 0.6) is 0 Å². The highest BCUT2D eigenvalue weighted by Gasteiger charge is 2.45. The second kappa shape index (κ2) is 7.68. The fourth-order valence-electron chi connectivity index (χ4n) is 5.59. The zero-order chi connectivity index (χ0) is 19.8. The first-order valence-corrected chi connectivity index (χ1v) is 11.0. The molecule has 0 unspecified atom stereocenters. The summed E-state index contributed by atoms with van der Waals surface area (Å²) in [5, 5.41) is 14.7. The van der Waals surface area contributed by atoms with Gasteiger partial charge in [-0.25, -0.2) is 0 Å². The van der Waals surface area contributed by atoms with Crippen molar-refractivity contribution in [2.75, 3.05) is 31.1 Å². The maximum absolute atomic E-state index is 12.1. The Labute approximate surface area is 169 Å². The van der Waals surface area contributed by atoms with E-state index in [1.165, 1.54) is 11.3 Å². The molecule has 3 aliphatic heterocycles. The van der Waals surface area contributed by atoms with Crippen LogP contribution < -0.4 is 10.2 Å². The number of benzene rings is 1. The Morgan fingerprint density at radius 1 is 1.18 bits per heavy atom. The first-order chi connectivity index (χ1) is 13.4. The number of rotatable bonds is 3. The molecule has 1 aromatic rings. The van der Waals surface area contributed by atoms with Crippen LogP contribution in [0, 0.1) is 6.92 Å². The highest BCUT2D eigenvalue weighted by Crippen LogP contribution is 2.36. The molecule has 5 nitrogen and oxygen atoms in total. The molecule has 3 heterocycles. The van der Waals surface area contributed by atoms with Crippen LogP contribution in [0.3, 0.4) is 0 Å². The molecule has 4 rings (SSSR count). The lowest BCUT2D eigenvalue weighted by molar-refractivity contribution is -0.123. The molecule has 0 aromatic heterocycles. The van der Waals surface area contributed by atoms with E-state index in [9.17, 15) is 9.90 Å². The molecule has 0 bridgehead atoms. The van der Waals surface area contributed by atoms with E-state index in [0.29, 0.717) is 12.5 Å². The third kappa shape index (κ3) is 4.06. The van der Waals surface area contributed by atoms with E-state index in [-0.39, 0.29) is 11.4 Å². The predicted molar refractivity (Wildman–Crippen MR) is 113 cm³/mol. The third-order valence-electron chi connectivity index (χ3n) is 7.18. The summed E-state index contributed by atoms with van der Waals surface area (Å²) in [6, 6.07) is 8.98. The minimum absolute atomic E-state index is 0.148. The van der Waals surface area contributed by atoms with Gasteiger partial charge in [0.25, 0.3) is 0 Å². The van der Waals surface area contributed by atoms with Gasteiger partial charge >= 0.3 is 0 Å². The monoisotopic (exact) mass is 385 g/mol. The van der Waals surface area contributed by atoms with Crippen molar-refractivity contribution in [3.05, 3.63) is 29.8 Å². The summed E-state index contributed by atoms with van der Waals surface area (Å²) in [4.78, 5) is 17.0. The molecule has 28 heavy (non-hydrogen) atoms. The average molecular weight is 386 g/mol. The zero-order valence-electron chi connectivity index (χ0n) is 17.4. The Kier molecular flexibility index (Phi) is 5.41. The molecular formula is C23H35N3O2. The van der Waals surface area contributed by atoms with Gasteiger partial charge in [0.1, 0.15) is 0 Å². The van der Waals surface area contributed by atoms with Crippen LogP contribution in [0.4, 0.5) is 5.69 Å². The molecule has 5 heteroatoms. The van der Waals surface area contributed by atoms with Gasteiger partial charge in [-0.05, 0) is 76.6 Å². The van der Waals surface area contributed by atoms with Crippen LogP contribution in [0.25, 0.3) is 0 Å².